The zero-order valence-electron chi connectivity index (χ0n) is 10.8. The van der Waals surface area contributed by atoms with Crippen molar-refractivity contribution in [3.05, 3.63) is 39.9 Å². The van der Waals surface area contributed by atoms with Gasteiger partial charge >= 0.3 is 0 Å². The number of nitro groups is 1. The molecule has 0 bridgehead atoms. The van der Waals surface area contributed by atoms with Crippen molar-refractivity contribution in [2.75, 3.05) is 13.1 Å². The molecule has 19 heavy (non-hydrogen) atoms. The Morgan fingerprint density at radius 2 is 2.21 bits per heavy atom. The van der Waals surface area contributed by atoms with Gasteiger partial charge in [0.1, 0.15) is 0 Å². The standard InChI is InChI=1S/C13H17N3O3/c1-9-6-14-8-11(9)13(17)15-7-10-4-2-3-5-12(10)16(18)19/h2-5,9,11,14H,6-8H2,1H3,(H,15,17)/t9-,11-/m1/s1. The number of carbonyl (C=O) groups excluding carboxylic acids is 1. The van der Waals surface area contributed by atoms with Crippen LogP contribution in [0.5, 0.6) is 0 Å². The Bertz CT molecular complexity index is 490. The normalized spacial score (nSPS) is 22.2. The second-order valence-electron chi connectivity index (χ2n) is 4.85. The van der Waals surface area contributed by atoms with Crippen molar-refractivity contribution in [1.29, 1.82) is 0 Å². The van der Waals surface area contributed by atoms with E-state index >= 15 is 0 Å². The van der Waals surface area contributed by atoms with E-state index in [-0.39, 0.29) is 24.1 Å². The molecule has 2 N–H and O–H groups in total. The third-order valence-corrected chi connectivity index (χ3v) is 3.50. The van der Waals surface area contributed by atoms with Gasteiger partial charge < -0.3 is 10.6 Å². The van der Waals surface area contributed by atoms with E-state index in [4.69, 9.17) is 0 Å². The number of para-hydroxylation sites is 1. The second-order valence-corrected chi connectivity index (χ2v) is 4.85. The Balaban J connectivity index is 1.99. The summed E-state index contributed by atoms with van der Waals surface area (Å²) in [5.74, 6) is 0.198. The molecule has 1 aromatic rings. The molecule has 1 aliphatic heterocycles. The smallest absolute Gasteiger partial charge is 0.274 e. The van der Waals surface area contributed by atoms with E-state index in [2.05, 4.69) is 10.6 Å². The summed E-state index contributed by atoms with van der Waals surface area (Å²) < 4.78 is 0. The van der Waals surface area contributed by atoms with Crippen LogP contribution >= 0.6 is 0 Å². The van der Waals surface area contributed by atoms with E-state index in [1.807, 2.05) is 6.92 Å². The molecule has 1 heterocycles. The summed E-state index contributed by atoms with van der Waals surface area (Å²) in [7, 11) is 0. The van der Waals surface area contributed by atoms with Crippen LogP contribution in [0.4, 0.5) is 5.69 Å². The number of benzene rings is 1. The Morgan fingerprint density at radius 3 is 2.84 bits per heavy atom. The van der Waals surface area contributed by atoms with Gasteiger partial charge in [-0.25, -0.2) is 0 Å². The van der Waals surface area contributed by atoms with Gasteiger partial charge in [-0.05, 0) is 12.5 Å². The topological polar surface area (TPSA) is 84.3 Å². The molecule has 6 heteroatoms. The van der Waals surface area contributed by atoms with Crippen molar-refractivity contribution in [2.45, 2.75) is 13.5 Å². The van der Waals surface area contributed by atoms with E-state index < -0.39 is 4.92 Å². The van der Waals surface area contributed by atoms with E-state index in [1.54, 1.807) is 18.2 Å². The molecule has 1 aliphatic rings. The summed E-state index contributed by atoms with van der Waals surface area (Å²) in [6.07, 6.45) is 0. The number of nitro benzene ring substituents is 1. The number of nitrogens with zero attached hydrogens (tertiary/aromatic N) is 1. The molecule has 1 saturated heterocycles. The van der Waals surface area contributed by atoms with Crippen molar-refractivity contribution < 1.29 is 9.72 Å². The molecule has 1 amide bonds. The first-order valence-electron chi connectivity index (χ1n) is 6.30. The van der Waals surface area contributed by atoms with Gasteiger partial charge in [0.2, 0.25) is 5.91 Å². The highest BCUT2D eigenvalue weighted by Gasteiger charge is 2.29. The van der Waals surface area contributed by atoms with Gasteiger partial charge in [0.15, 0.2) is 0 Å². The van der Waals surface area contributed by atoms with Crippen molar-refractivity contribution in [2.24, 2.45) is 11.8 Å². The van der Waals surface area contributed by atoms with Crippen molar-refractivity contribution in [1.82, 2.24) is 10.6 Å². The monoisotopic (exact) mass is 263 g/mol. The largest absolute Gasteiger partial charge is 0.351 e. The molecule has 0 saturated carbocycles. The summed E-state index contributed by atoms with van der Waals surface area (Å²) in [4.78, 5) is 22.4. The average Bonchev–Trinajstić information content (AvgIpc) is 2.82. The number of hydrogen-bond acceptors (Lipinski definition) is 4. The molecule has 1 aromatic carbocycles. The Kier molecular flexibility index (Phi) is 4.11. The zero-order chi connectivity index (χ0) is 13.8. The second kappa shape index (κ2) is 5.79. The maximum absolute atomic E-state index is 12.0. The van der Waals surface area contributed by atoms with Crippen LogP contribution in [0.2, 0.25) is 0 Å². The summed E-state index contributed by atoms with van der Waals surface area (Å²) in [6.45, 7) is 3.72. The van der Waals surface area contributed by atoms with E-state index in [0.717, 1.165) is 6.54 Å². The number of carbonyl (C=O) groups is 1. The summed E-state index contributed by atoms with van der Waals surface area (Å²) in [5.41, 5.74) is 0.569. The summed E-state index contributed by atoms with van der Waals surface area (Å²) in [5, 5.41) is 16.8. The average molecular weight is 263 g/mol. The van der Waals surface area contributed by atoms with E-state index in [9.17, 15) is 14.9 Å². The molecule has 0 radical (unpaired) electrons. The molecule has 2 atom stereocenters. The first-order valence-corrected chi connectivity index (χ1v) is 6.30. The number of rotatable bonds is 4. The van der Waals surface area contributed by atoms with Crippen molar-refractivity contribution >= 4 is 11.6 Å². The molecule has 2 rings (SSSR count). The summed E-state index contributed by atoms with van der Waals surface area (Å²) in [6, 6.07) is 6.45. The lowest BCUT2D eigenvalue weighted by atomic mass is 9.97. The fraction of sp³-hybridized carbons (Fsp3) is 0.462. The molecule has 1 fully saturated rings. The minimum Gasteiger partial charge on any atom is -0.351 e. The van der Waals surface area contributed by atoms with Crippen LogP contribution in [-0.2, 0) is 11.3 Å². The third-order valence-electron chi connectivity index (χ3n) is 3.50. The molecular formula is C13H17N3O3. The van der Waals surface area contributed by atoms with Crippen LogP contribution in [0, 0.1) is 22.0 Å². The van der Waals surface area contributed by atoms with Crippen molar-refractivity contribution in [3.8, 4) is 0 Å². The van der Waals surface area contributed by atoms with Gasteiger partial charge in [0, 0.05) is 24.7 Å². The SMILES string of the molecule is C[C@@H]1CNC[C@H]1C(=O)NCc1ccccc1[N+](=O)[O-]. The van der Waals surface area contributed by atoms with Crippen LogP contribution in [0.15, 0.2) is 24.3 Å². The molecule has 102 valence electrons. The Labute approximate surface area is 111 Å². The van der Waals surface area contributed by atoms with Crippen LogP contribution in [0.3, 0.4) is 0 Å². The van der Waals surface area contributed by atoms with Gasteiger partial charge in [-0.2, -0.15) is 0 Å². The Morgan fingerprint density at radius 1 is 1.47 bits per heavy atom. The molecule has 0 aliphatic carbocycles. The maximum Gasteiger partial charge on any atom is 0.274 e. The highest BCUT2D eigenvalue weighted by molar-refractivity contribution is 5.79. The lowest BCUT2D eigenvalue weighted by Gasteiger charge is -2.14. The highest BCUT2D eigenvalue weighted by Crippen LogP contribution is 2.19. The third kappa shape index (κ3) is 3.08. The molecule has 0 spiro atoms. The van der Waals surface area contributed by atoms with Crippen LogP contribution in [0.1, 0.15) is 12.5 Å². The lowest BCUT2D eigenvalue weighted by molar-refractivity contribution is -0.385. The fourth-order valence-corrected chi connectivity index (χ4v) is 2.31. The minimum atomic E-state index is -0.429. The number of nitrogens with one attached hydrogen (secondary N) is 2. The van der Waals surface area contributed by atoms with Gasteiger partial charge in [-0.15, -0.1) is 0 Å². The van der Waals surface area contributed by atoms with Gasteiger partial charge in [-0.1, -0.05) is 25.1 Å². The zero-order valence-corrected chi connectivity index (χ0v) is 10.8. The molecule has 0 aromatic heterocycles. The molecule has 0 unspecified atom stereocenters. The van der Waals surface area contributed by atoms with E-state index in [1.165, 1.54) is 6.07 Å². The summed E-state index contributed by atoms with van der Waals surface area (Å²) >= 11 is 0. The number of amides is 1. The Hall–Kier alpha value is -1.95. The molecule has 6 nitrogen and oxygen atoms in total. The van der Waals surface area contributed by atoms with Gasteiger partial charge in [-0.3, -0.25) is 14.9 Å². The first kappa shape index (κ1) is 13.5. The highest BCUT2D eigenvalue weighted by atomic mass is 16.6. The molecular weight excluding hydrogens is 246 g/mol. The van der Waals surface area contributed by atoms with Crippen LogP contribution < -0.4 is 10.6 Å². The van der Waals surface area contributed by atoms with Crippen LogP contribution in [-0.4, -0.2) is 23.9 Å². The minimum absolute atomic E-state index is 0.0420. The quantitative estimate of drug-likeness (QED) is 0.628. The van der Waals surface area contributed by atoms with E-state index in [0.29, 0.717) is 18.0 Å². The van der Waals surface area contributed by atoms with Crippen molar-refractivity contribution in [3.63, 3.8) is 0 Å². The number of hydrogen-bond donors (Lipinski definition) is 2. The van der Waals surface area contributed by atoms with Crippen LogP contribution in [0.25, 0.3) is 0 Å². The van der Waals surface area contributed by atoms with Gasteiger partial charge in [0.05, 0.1) is 10.8 Å². The lowest BCUT2D eigenvalue weighted by Crippen LogP contribution is -2.34. The fourth-order valence-electron chi connectivity index (χ4n) is 2.31. The maximum atomic E-state index is 12.0. The van der Waals surface area contributed by atoms with Gasteiger partial charge in [0.25, 0.3) is 5.69 Å². The first-order chi connectivity index (χ1) is 9.09. The predicted molar refractivity (Wildman–Crippen MR) is 70.5 cm³/mol. The predicted octanol–water partition coefficient (Wildman–Crippen LogP) is 1.07.